The summed E-state index contributed by atoms with van der Waals surface area (Å²) in [4.78, 5) is 23.9. The Morgan fingerprint density at radius 2 is 0.900 bits per heavy atom. The summed E-state index contributed by atoms with van der Waals surface area (Å²) < 4.78 is 20.9. The van der Waals surface area contributed by atoms with Gasteiger partial charge in [-0.05, 0) is 48.5 Å². The molecule has 4 aromatic carbocycles. The molecule has 0 fully saturated rings. The first-order chi connectivity index (χ1) is 19.5. The fraction of sp³-hybridized carbons (Fsp3) is 0.188. The highest BCUT2D eigenvalue weighted by Gasteiger charge is 2.09. The highest BCUT2D eigenvalue weighted by atomic mass is 16.5. The van der Waals surface area contributed by atoms with E-state index in [0.717, 1.165) is 22.6 Å². The second-order valence-electron chi connectivity index (χ2n) is 8.45. The molecule has 0 radical (unpaired) electrons. The highest BCUT2D eigenvalue weighted by molar-refractivity contribution is 5.94. The van der Waals surface area contributed by atoms with Crippen molar-refractivity contribution in [2.24, 2.45) is 0 Å². The van der Waals surface area contributed by atoms with E-state index in [1.54, 1.807) is 64.8 Å². The van der Waals surface area contributed by atoms with Crippen LogP contribution in [0.25, 0.3) is 0 Å². The molecule has 0 heterocycles. The Morgan fingerprint density at radius 3 is 1.23 bits per heavy atom. The maximum Gasteiger partial charge on any atom is 0.251 e. The average molecular weight is 543 g/mol. The van der Waals surface area contributed by atoms with Crippen molar-refractivity contribution in [3.05, 3.63) is 119 Å². The van der Waals surface area contributed by atoms with Gasteiger partial charge in [0, 0.05) is 47.5 Å². The summed E-state index contributed by atoms with van der Waals surface area (Å²) in [5.41, 5.74) is 3.08. The first-order valence-electron chi connectivity index (χ1n) is 12.6. The minimum Gasteiger partial charge on any atom is -0.497 e. The number of ether oxygens (including phenoxy) is 4. The van der Waals surface area contributed by atoms with Crippen LogP contribution in [0.1, 0.15) is 31.8 Å². The maximum atomic E-state index is 12.0. The highest BCUT2D eigenvalue weighted by Crippen LogP contribution is 2.25. The average Bonchev–Trinajstić information content (AvgIpc) is 3.03. The molecule has 8 nitrogen and oxygen atoms in total. The predicted octanol–water partition coefficient (Wildman–Crippen LogP) is 5.27. The van der Waals surface area contributed by atoms with Gasteiger partial charge >= 0.3 is 0 Å². The number of amides is 2. The zero-order valence-electron chi connectivity index (χ0n) is 23.1. The number of benzene rings is 4. The largest absolute Gasteiger partial charge is 0.497 e. The first kappa shape index (κ1) is 29.6. The number of methoxy groups -OCH3 is 4. The van der Waals surface area contributed by atoms with E-state index < -0.39 is 0 Å². The van der Waals surface area contributed by atoms with Crippen molar-refractivity contribution < 1.29 is 28.5 Å². The van der Waals surface area contributed by atoms with Crippen LogP contribution in [-0.4, -0.2) is 40.3 Å². The van der Waals surface area contributed by atoms with Crippen LogP contribution in [0.2, 0.25) is 0 Å². The SMILES string of the molecule is COc1ccc(CNC(=O)c2ccccc2)c(OC)c1.COc1ccc(CNC(=O)c2ccccc2)c(OC)c1. The van der Waals surface area contributed by atoms with Crippen molar-refractivity contribution in [3.63, 3.8) is 0 Å². The Morgan fingerprint density at radius 1 is 0.525 bits per heavy atom. The van der Waals surface area contributed by atoms with Crippen LogP contribution < -0.4 is 29.6 Å². The molecular weight excluding hydrogens is 508 g/mol. The van der Waals surface area contributed by atoms with Crippen LogP contribution in [0.15, 0.2) is 97.1 Å². The molecule has 4 aromatic rings. The van der Waals surface area contributed by atoms with Gasteiger partial charge in [0.25, 0.3) is 11.8 Å². The number of hydrogen-bond acceptors (Lipinski definition) is 6. The summed E-state index contributed by atoms with van der Waals surface area (Å²) in [5.74, 6) is 2.61. The topological polar surface area (TPSA) is 95.1 Å². The predicted molar refractivity (Wildman–Crippen MR) is 154 cm³/mol. The van der Waals surface area contributed by atoms with Gasteiger partial charge in [-0.3, -0.25) is 9.59 Å². The molecule has 0 saturated heterocycles. The van der Waals surface area contributed by atoms with Crippen LogP contribution in [-0.2, 0) is 13.1 Å². The fourth-order valence-electron chi connectivity index (χ4n) is 3.73. The Bertz CT molecular complexity index is 1270. The number of rotatable bonds is 10. The minimum atomic E-state index is -0.108. The molecule has 0 bridgehead atoms. The molecule has 0 aliphatic rings. The lowest BCUT2D eigenvalue weighted by Gasteiger charge is -2.11. The van der Waals surface area contributed by atoms with Crippen LogP contribution in [0.3, 0.4) is 0 Å². The van der Waals surface area contributed by atoms with Gasteiger partial charge in [0.15, 0.2) is 0 Å². The Labute approximate surface area is 234 Å². The van der Waals surface area contributed by atoms with E-state index in [4.69, 9.17) is 18.9 Å². The molecule has 2 N–H and O–H groups in total. The molecule has 0 unspecified atom stereocenters. The van der Waals surface area contributed by atoms with E-state index in [9.17, 15) is 9.59 Å². The van der Waals surface area contributed by atoms with Gasteiger partial charge in [-0.2, -0.15) is 0 Å². The van der Waals surface area contributed by atoms with Gasteiger partial charge in [0.1, 0.15) is 23.0 Å². The molecule has 8 heteroatoms. The van der Waals surface area contributed by atoms with E-state index >= 15 is 0 Å². The van der Waals surface area contributed by atoms with Gasteiger partial charge in [-0.25, -0.2) is 0 Å². The Kier molecular flexibility index (Phi) is 11.4. The summed E-state index contributed by atoms with van der Waals surface area (Å²) in [7, 11) is 6.39. The van der Waals surface area contributed by atoms with Gasteiger partial charge in [-0.1, -0.05) is 36.4 Å². The maximum absolute atomic E-state index is 12.0. The summed E-state index contributed by atoms with van der Waals surface area (Å²) >= 11 is 0. The third kappa shape index (κ3) is 8.52. The summed E-state index contributed by atoms with van der Waals surface area (Å²) in [6.07, 6.45) is 0. The molecule has 0 atom stereocenters. The molecule has 208 valence electrons. The van der Waals surface area contributed by atoms with Crippen molar-refractivity contribution >= 4 is 11.8 Å². The van der Waals surface area contributed by atoms with Crippen LogP contribution in [0.4, 0.5) is 0 Å². The second kappa shape index (κ2) is 15.4. The van der Waals surface area contributed by atoms with Crippen LogP contribution in [0.5, 0.6) is 23.0 Å². The molecule has 0 spiro atoms. The van der Waals surface area contributed by atoms with Crippen LogP contribution >= 0.6 is 0 Å². The van der Waals surface area contributed by atoms with Crippen molar-refractivity contribution in [2.45, 2.75) is 13.1 Å². The summed E-state index contributed by atoms with van der Waals surface area (Å²) in [6, 6.07) is 29.2. The molecule has 4 rings (SSSR count). The summed E-state index contributed by atoms with van der Waals surface area (Å²) in [6.45, 7) is 0.807. The number of carbonyl (C=O) groups is 2. The lowest BCUT2D eigenvalue weighted by molar-refractivity contribution is 0.0942. The molecule has 40 heavy (non-hydrogen) atoms. The van der Waals surface area contributed by atoms with Gasteiger partial charge < -0.3 is 29.6 Å². The lowest BCUT2D eigenvalue weighted by Crippen LogP contribution is -2.22. The van der Waals surface area contributed by atoms with E-state index in [1.165, 1.54) is 0 Å². The Balaban J connectivity index is 0.000000220. The molecular formula is C32H34N2O6. The summed E-state index contributed by atoms with van der Waals surface area (Å²) in [5, 5.41) is 5.74. The molecule has 0 aliphatic heterocycles. The van der Waals surface area contributed by atoms with Crippen molar-refractivity contribution in [1.82, 2.24) is 10.6 Å². The van der Waals surface area contributed by atoms with Gasteiger partial charge in [0.2, 0.25) is 0 Å². The van der Waals surface area contributed by atoms with Crippen molar-refractivity contribution in [1.29, 1.82) is 0 Å². The standard InChI is InChI=1S/2C16H17NO3/c2*1-19-14-9-8-13(15(10-14)20-2)11-17-16(18)12-6-4-3-5-7-12/h2*3-10H,11H2,1-2H3,(H,17,18). The third-order valence-corrected chi connectivity index (χ3v) is 5.94. The van der Waals surface area contributed by atoms with Crippen molar-refractivity contribution in [3.8, 4) is 23.0 Å². The molecule has 0 aliphatic carbocycles. The number of hydrogen-bond donors (Lipinski definition) is 2. The smallest absolute Gasteiger partial charge is 0.251 e. The number of nitrogens with one attached hydrogen (secondary N) is 2. The minimum absolute atomic E-state index is 0.108. The molecule has 0 aromatic heterocycles. The third-order valence-electron chi connectivity index (χ3n) is 5.94. The van der Waals surface area contributed by atoms with Gasteiger partial charge in [-0.15, -0.1) is 0 Å². The number of carbonyl (C=O) groups excluding carboxylic acids is 2. The Hall–Kier alpha value is -4.98. The molecule has 0 saturated carbocycles. The second-order valence-corrected chi connectivity index (χ2v) is 8.45. The van der Waals surface area contributed by atoms with E-state index in [0.29, 0.717) is 35.7 Å². The zero-order chi connectivity index (χ0) is 28.7. The van der Waals surface area contributed by atoms with Crippen LogP contribution in [0, 0.1) is 0 Å². The zero-order valence-corrected chi connectivity index (χ0v) is 23.1. The first-order valence-corrected chi connectivity index (χ1v) is 12.6. The normalized spacial score (nSPS) is 9.90. The quantitative estimate of drug-likeness (QED) is 0.284. The fourth-order valence-corrected chi connectivity index (χ4v) is 3.73. The lowest BCUT2D eigenvalue weighted by atomic mass is 10.1. The molecule has 2 amide bonds. The van der Waals surface area contributed by atoms with E-state index in [2.05, 4.69) is 10.6 Å². The van der Waals surface area contributed by atoms with Crippen molar-refractivity contribution in [2.75, 3.05) is 28.4 Å². The van der Waals surface area contributed by atoms with Gasteiger partial charge in [0.05, 0.1) is 28.4 Å². The van der Waals surface area contributed by atoms with E-state index in [1.807, 2.05) is 60.7 Å². The monoisotopic (exact) mass is 542 g/mol. The van der Waals surface area contributed by atoms with E-state index in [-0.39, 0.29) is 11.8 Å².